The van der Waals surface area contributed by atoms with Crippen molar-refractivity contribution in [1.29, 1.82) is 0 Å². The number of hydrogen-bond donors (Lipinski definition) is 3. The van der Waals surface area contributed by atoms with Crippen LogP contribution < -0.4 is 20.1 Å². The number of guanidine groups is 1. The van der Waals surface area contributed by atoms with Crippen LogP contribution in [-0.2, 0) is 6.54 Å². The minimum Gasteiger partial charge on any atom is -0.497 e. The number of aliphatic hydroxyl groups is 1. The molecule has 0 aromatic heterocycles. The van der Waals surface area contributed by atoms with Crippen LogP contribution in [0.3, 0.4) is 0 Å². The lowest BCUT2D eigenvalue weighted by molar-refractivity contribution is 0.179. The predicted octanol–water partition coefficient (Wildman–Crippen LogP) is 3.89. The number of hydrogen-bond acceptors (Lipinski definition) is 4. The van der Waals surface area contributed by atoms with Gasteiger partial charge in [-0.05, 0) is 56.2 Å². The zero-order valence-corrected chi connectivity index (χ0v) is 19.8. The second-order valence-electron chi connectivity index (χ2n) is 6.68. The lowest BCUT2D eigenvalue weighted by Crippen LogP contribution is -2.39. The molecule has 1 atom stereocenters. The molecule has 7 heteroatoms. The Kier molecular flexibility index (Phi) is 11.5. The lowest BCUT2D eigenvalue weighted by atomic mass is 10.1. The Morgan fingerprint density at radius 3 is 2.48 bits per heavy atom. The molecule has 0 bridgehead atoms. The summed E-state index contributed by atoms with van der Waals surface area (Å²) >= 11 is 0. The van der Waals surface area contributed by atoms with Crippen LogP contribution in [0, 0.1) is 0 Å². The molecule has 0 aliphatic heterocycles. The maximum Gasteiger partial charge on any atom is 0.191 e. The Labute approximate surface area is 190 Å². The first-order chi connectivity index (χ1) is 13.5. The molecule has 0 radical (unpaired) electrons. The third-order valence-corrected chi connectivity index (χ3v) is 3.98. The van der Waals surface area contributed by atoms with E-state index in [1.54, 1.807) is 7.11 Å². The highest BCUT2D eigenvalue weighted by atomic mass is 127. The highest BCUT2D eigenvalue weighted by Crippen LogP contribution is 2.20. The predicted molar refractivity (Wildman–Crippen MR) is 128 cm³/mol. The number of benzene rings is 2. The third-order valence-electron chi connectivity index (χ3n) is 3.98. The minimum absolute atomic E-state index is 0. The number of aliphatic imine (C=N–C) groups is 1. The second kappa shape index (κ2) is 13.3. The van der Waals surface area contributed by atoms with Crippen LogP contribution >= 0.6 is 24.0 Å². The maximum atomic E-state index is 10.5. The Bertz CT molecular complexity index is 768. The molecular formula is C22H32IN3O3. The van der Waals surface area contributed by atoms with Crippen molar-refractivity contribution < 1.29 is 14.6 Å². The summed E-state index contributed by atoms with van der Waals surface area (Å²) in [6.07, 6.45) is -0.578. The molecule has 6 nitrogen and oxygen atoms in total. The van der Waals surface area contributed by atoms with E-state index in [1.165, 1.54) is 0 Å². The average Bonchev–Trinajstić information content (AvgIpc) is 2.69. The van der Waals surface area contributed by atoms with Crippen molar-refractivity contribution in [2.75, 3.05) is 20.2 Å². The first kappa shape index (κ1) is 25.0. The number of nitrogens with zero attached hydrogens (tertiary/aromatic N) is 1. The van der Waals surface area contributed by atoms with Gasteiger partial charge in [0.15, 0.2) is 5.96 Å². The molecule has 0 aliphatic rings. The van der Waals surface area contributed by atoms with Crippen molar-refractivity contribution in [2.24, 2.45) is 4.99 Å². The van der Waals surface area contributed by atoms with E-state index in [-0.39, 0.29) is 30.1 Å². The summed E-state index contributed by atoms with van der Waals surface area (Å²) in [6.45, 7) is 7.55. The van der Waals surface area contributed by atoms with Gasteiger partial charge in [0.2, 0.25) is 0 Å². The van der Waals surface area contributed by atoms with Crippen molar-refractivity contribution in [2.45, 2.75) is 39.5 Å². The number of halogens is 1. The molecule has 1 unspecified atom stereocenters. The van der Waals surface area contributed by atoms with Crippen molar-refractivity contribution in [3.8, 4) is 11.5 Å². The molecule has 0 amide bonds. The first-order valence-electron chi connectivity index (χ1n) is 9.61. The number of ether oxygens (including phenoxy) is 2. The standard InChI is InChI=1S/C22H31N3O3.HI/c1-5-23-22(24-14-17-8-6-10-19(12-17)27-4)25-15-21(26)18-9-7-11-20(13-18)28-16(2)3;/h6-13,16,21,26H,5,14-15H2,1-4H3,(H2,23,24,25);1H. The second-order valence-corrected chi connectivity index (χ2v) is 6.68. The van der Waals surface area contributed by atoms with Gasteiger partial charge in [-0.1, -0.05) is 24.3 Å². The molecule has 0 spiro atoms. The van der Waals surface area contributed by atoms with Crippen molar-refractivity contribution in [3.05, 3.63) is 59.7 Å². The summed E-state index contributed by atoms with van der Waals surface area (Å²) in [5.74, 6) is 2.22. The Morgan fingerprint density at radius 1 is 1.07 bits per heavy atom. The normalized spacial score (nSPS) is 12.1. The molecule has 29 heavy (non-hydrogen) atoms. The summed E-state index contributed by atoms with van der Waals surface area (Å²) < 4.78 is 10.9. The Hall–Kier alpha value is -2.00. The quantitative estimate of drug-likeness (QED) is 0.270. The van der Waals surface area contributed by atoms with Gasteiger partial charge in [-0.2, -0.15) is 0 Å². The van der Waals surface area contributed by atoms with Crippen LogP contribution in [0.25, 0.3) is 0 Å². The van der Waals surface area contributed by atoms with Crippen molar-refractivity contribution in [3.63, 3.8) is 0 Å². The molecular weight excluding hydrogens is 481 g/mol. The fraction of sp³-hybridized carbons (Fsp3) is 0.409. The zero-order valence-electron chi connectivity index (χ0n) is 17.5. The summed E-state index contributed by atoms with van der Waals surface area (Å²) in [5, 5.41) is 16.9. The van der Waals surface area contributed by atoms with Gasteiger partial charge in [0, 0.05) is 13.1 Å². The van der Waals surface area contributed by atoms with E-state index < -0.39 is 6.10 Å². The van der Waals surface area contributed by atoms with E-state index >= 15 is 0 Å². The van der Waals surface area contributed by atoms with Crippen LogP contribution in [0.1, 0.15) is 38.0 Å². The maximum absolute atomic E-state index is 10.5. The molecule has 0 heterocycles. The molecule has 0 aliphatic carbocycles. The van der Waals surface area contributed by atoms with Crippen LogP contribution in [0.15, 0.2) is 53.5 Å². The van der Waals surface area contributed by atoms with Crippen molar-refractivity contribution in [1.82, 2.24) is 10.6 Å². The van der Waals surface area contributed by atoms with E-state index in [0.29, 0.717) is 19.0 Å². The number of rotatable bonds is 9. The Morgan fingerprint density at radius 2 is 1.79 bits per heavy atom. The largest absolute Gasteiger partial charge is 0.497 e. The fourth-order valence-electron chi connectivity index (χ4n) is 2.66. The molecule has 3 N–H and O–H groups in total. The van der Waals surface area contributed by atoms with Gasteiger partial charge in [0.05, 0.1) is 25.9 Å². The molecule has 2 rings (SSSR count). The minimum atomic E-state index is -0.670. The van der Waals surface area contributed by atoms with E-state index in [4.69, 9.17) is 9.47 Å². The smallest absolute Gasteiger partial charge is 0.191 e. The van der Waals surface area contributed by atoms with Gasteiger partial charge in [0.1, 0.15) is 11.5 Å². The number of nitrogens with one attached hydrogen (secondary N) is 2. The Balaban J connectivity index is 0.00000420. The highest BCUT2D eigenvalue weighted by Gasteiger charge is 2.10. The van der Waals surface area contributed by atoms with Gasteiger partial charge in [-0.3, -0.25) is 0 Å². The molecule has 0 fully saturated rings. The van der Waals surface area contributed by atoms with Gasteiger partial charge in [-0.25, -0.2) is 4.99 Å². The molecule has 2 aromatic carbocycles. The zero-order chi connectivity index (χ0) is 20.4. The summed E-state index contributed by atoms with van der Waals surface area (Å²) in [5.41, 5.74) is 1.85. The summed E-state index contributed by atoms with van der Waals surface area (Å²) in [4.78, 5) is 4.58. The van der Waals surface area contributed by atoms with Gasteiger partial charge in [0.25, 0.3) is 0 Å². The molecule has 160 valence electrons. The molecule has 0 saturated carbocycles. The number of methoxy groups -OCH3 is 1. The van der Waals surface area contributed by atoms with E-state index in [2.05, 4.69) is 15.6 Å². The van der Waals surface area contributed by atoms with Crippen LogP contribution in [0.4, 0.5) is 0 Å². The van der Waals surface area contributed by atoms with Gasteiger partial charge < -0.3 is 25.2 Å². The van der Waals surface area contributed by atoms with Crippen LogP contribution in [0.5, 0.6) is 11.5 Å². The van der Waals surface area contributed by atoms with Gasteiger partial charge >= 0.3 is 0 Å². The lowest BCUT2D eigenvalue weighted by Gasteiger charge is -2.17. The number of aliphatic hydroxyl groups excluding tert-OH is 1. The third kappa shape index (κ3) is 8.91. The summed E-state index contributed by atoms with van der Waals surface area (Å²) in [6, 6.07) is 15.4. The summed E-state index contributed by atoms with van der Waals surface area (Å²) in [7, 11) is 1.65. The van der Waals surface area contributed by atoms with Crippen LogP contribution in [-0.4, -0.2) is 37.4 Å². The van der Waals surface area contributed by atoms with E-state index in [1.807, 2.05) is 69.3 Å². The fourth-order valence-corrected chi connectivity index (χ4v) is 2.66. The van der Waals surface area contributed by atoms with Gasteiger partial charge in [-0.15, -0.1) is 24.0 Å². The van der Waals surface area contributed by atoms with Crippen molar-refractivity contribution >= 4 is 29.9 Å². The SMILES string of the molecule is CCNC(=NCc1cccc(OC)c1)NCC(O)c1cccc(OC(C)C)c1.I. The average molecular weight is 513 g/mol. The van der Waals surface area contributed by atoms with E-state index in [9.17, 15) is 5.11 Å². The van der Waals surface area contributed by atoms with Crippen LogP contribution in [0.2, 0.25) is 0 Å². The highest BCUT2D eigenvalue weighted by molar-refractivity contribution is 14.0. The topological polar surface area (TPSA) is 75.1 Å². The first-order valence-corrected chi connectivity index (χ1v) is 9.61. The monoisotopic (exact) mass is 513 g/mol. The molecule has 2 aromatic rings. The van der Waals surface area contributed by atoms with E-state index in [0.717, 1.165) is 29.2 Å². The molecule has 0 saturated heterocycles.